The van der Waals surface area contributed by atoms with Crippen LogP contribution in [0.2, 0.25) is 0 Å². The van der Waals surface area contributed by atoms with Crippen LogP contribution in [0.3, 0.4) is 0 Å². The lowest BCUT2D eigenvalue weighted by molar-refractivity contribution is -0.130. The van der Waals surface area contributed by atoms with Gasteiger partial charge in [0.25, 0.3) is 0 Å². The molecule has 2 heterocycles. The summed E-state index contributed by atoms with van der Waals surface area (Å²) >= 11 is 0. The fourth-order valence-corrected chi connectivity index (χ4v) is 2.71. The van der Waals surface area contributed by atoms with Crippen molar-refractivity contribution in [2.24, 2.45) is 0 Å². The summed E-state index contributed by atoms with van der Waals surface area (Å²) in [5.41, 5.74) is 0. The van der Waals surface area contributed by atoms with Crippen molar-refractivity contribution in [3.05, 3.63) is 42.7 Å². The molecule has 1 N–H and O–H groups in total. The highest BCUT2D eigenvalue weighted by molar-refractivity contribution is 5.78. The van der Waals surface area contributed by atoms with Gasteiger partial charge in [-0.05, 0) is 25.1 Å². The number of carbonyl (C=O) groups is 1. The second-order valence-corrected chi connectivity index (χ2v) is 6.28. The predicted octanol–water partition coefficient (Wildman–Crippen LogP) is 1.16. The molecule has 134 valence electrons. The monoisotopic (exact) mass is 344 g/mol. The van der Waals surface area contributed by atoms with E-state index in [0.717, 1.165) is 18.0 Å². The molecule has 0 aliphatic carbocycles. The molecule has 2 atom stereocenters. The van der Waals surface area contributed by atoms with E-state index in [4.69, 9.17) is 9.47 Å². The van der Waals surface area contributed by atoms with Gasteiger partial charge in [0.1, 0.15) is 6.61 Å². The van der Waals surface area contributed by atoms with Gasteiger partial charge < -0.3 is 19.7 Å². The standard InChI is InChI=1S/C18H24N4O3/c1-14(11-22-9-5-8-20-22)19-10-18(23)21(2)12-15-13-24-16-6-3-4-7-17(16)25-15/h3-9,14-15,19H,10-13H2,1-2H3/t14-,15-/m0/s1. The van der Waals surface area contributed by atoms with Gasteiger partial charge in [-0.25, -0.2) is 0 Å². The minimum absolute atomic E-state index is 0.0229. The minimum Gasteiger partial charge on any atom is -0.486 e. The van der Waals surface area contributed by atoms with Crippen molar-refractivity contribution in [3.63, 3.8) is 0 Å². The summed E-state index contributed by atoms with van der Waals surface area (Å²) in [5.74, 6) is 1.50. The van der Waals surface area contributed by atoms with Crippen LogP contribution >= 0.6 is 0 Å². The number of rotatable bonds is 7. The maximum Gasteiger partial charge on any atom is 0.236 e. The van der Waals surface area contributed by atoms with Crippen molar-refractivity contribution >= 4 is 5.91 Å². The smallest absolute Gasteiger partial charge is 0.236 e. The third-order valence-electron chi connectivity index (χ3n) is 4.09. The van der Waals surface area contributed by atoms with Gasteiger partial charge in [0.15, 0.2) is 17.6 Å². The Morgan fingerprint density at radius 2 is 2.20 bits per heavy atom. The summed E-state index contributed by atoms with van der Waals surface area (Å²) < 4.78 is 13.4. The Morgan fingerprint density at radius 3 is 2.96 bits per heavy atom. The van der Waals surface area contributed by atoms with Gasteiger partial charge in [-0.3, -0.25) is 9.48 Å². The molecule has 1 aliphatic rings. The zero-order valence-electron chi connectivity index (χ0n) is 14.6. The lowest BCUT2D eigenvalue weighted by Crippen LogP contribution is -2.46. The molecule has 0 bridgehead atoms. The SMILES string of the molecule is C[C@@H](Cn1cccn1)NCC(=O)N(C)C[C@H]1COc2ccccc2O1. The molecule has 1 amide bonds. The van der Waals surface area contributed by atoms with Crippen LogP contribution in [0.5, 0.6) is 11.5 Å². The molecule has 0 saturated heterocycles. The maximum absolute atomic E-state index is 12.3. The Bertz CT molecular complexity index is 689. The Balaban J connectivity index is 1.42. The summed E-state index contributed by atoms with van der Waals surface area (Å²) in [6, 6.07) is 9.61. The highest BCUT2D eigenvalue weighted by Gasteiger charge is 2.23. The van der Waals surface area contributed by atoms with Crippen LogP contribution in [0, 0.1) is 0 Å². The molecule has 0 radical (unpaired) electrons. The molecule has 7 nitrogen and oxygen atoms in total. The fourth-order valence-electron chi connectivity index (χ4n) is 2.71. The van der Waals surface area contributed by atoms with E-state index < -0.39 is 0 Å². The highest BCUT2D eigenvalue weighted by atomic mass is 16.6. The molecule has 0 unspecified atom stereocenters. The number of carbonyl (C=O) groups excluding carboxylic acids is 1. The fraction of sp³-hybridized carbons (Fsp3) is 0.444. The molecular weight excluding hydrogens is 320 g/mol. The van der Waals surface area contributed by atoms with E-state index in [1.54, 1.807) is 18.1 Å². The summed E-state index contributed by atoms with van der Waals surface area (Å²) in [6.45, 7) is 3.97. The first-order chi connectivity index (χ1) is 12.1. The number of hydrogen-bond acceptors (Lipinski definition) is 5. The Kier molecular flexibility index (Phi) is 5.55. The number of aromatic nitrogens is 2. The molecule has 1 aromatic carbocycles. The Morgan fingerprint density at radius 1 is 1.40 bits per heavy atom. The van der Waals surface area contributed by atoms with Gasteiger partial charge in [0.05, 0.1) is 19.6 Å². The average molecular weight is 344 g/mol. The van der Waals surface area contributed by atoms with E-state index >= 15 is 0 Å². The quantitative estimate of drug-likeness (QED) is 0.816. The highest BCUT2D eigenvalue weighted by Crippen LogP contribution is 2.30. The van der Waals surface area contributed by atoms with Crippen molar-refractivity contribution in [2.45, 2.75) is 25.6 Å². The van der Waals surface area contributed by atoms with E-state index in [-0.39, 0.29) is 24.6 Å². The van der Waals surface area contributed by atoms with Gasteiger partial charge >= 0.3 is 0 Å². The number of benzene rings is 1. The van der Waals surface area contributed by atoms with Crippen LogP contribution in [0.1, 0.15) is 6.92 Å². The van der Waals surface area contributed by atoms with Gasteiger partial charge in [-0.2, -0.15) is 5.10 Å². The first-order valence-corrected chi connectivity index (χ1v) is 8.45. The van der Waals surface area contributed by atoms with Crippen LogP contribution in [0.25, 0.3) is 0 Å². The first-order valence-electron chi connectivity index (χ1n) is 8.45. The Hall–Kier alpha value is -2.54. The molecular formula is C18H24N4O3. The average Bonchev–Trinajstić information content (AvgIpc) is 3.12. The normalized spacial score (nSPS) is 17.1. The van der Waals surface area contributed by atoms with E-state index in [9.17, 15) is 4.79 Å². The number of nitrogens with one attached hydrogen (secondary N) is 1. The molecule has 25 heavy (non-hydrogen) atoms. The van der Waals surface area contributed by atoms with Crippen LogP contribution in [0.4, 0.5) is 0 Å². The minimum atomic E-state index is -0.162. The van der Waals surface area contributed by atoms with Crippen LogP contribution < -0.4 is 14.8 Å². The summed E-state index contributed by atoms with van der Waals surface area (Å²) in [6.07, 6.45) is 3.49. The van der Waals surface area contributed by atoms with Gasteiger partial charge in [-0.15, -0.1) is 0 Å². The molecule has 1 aliphatic heterocycles. The lowest BCUT2D eigenvalue weighted by atomic mass is 10.2. The van der Waals surface area contributed by atoms with Crippen molar-refractivity contribution < 1.29 is 14.3 Å². The number of amides is 1. The first kappa shape index (κ1) is 17.3. The van der Waals surface area contributed by atoms with E-state index in [1.165, 1.54) is 0 Å². The van der Waals surface area contributed by atoms with Crippen LogP contribution in [-0.2, 0) is 11.3 Å². The van der Waals surface area contributed by atoms with Gasteiger partial charge in [0, 0.05) is 25.5 Å². The molecule has 1 aromatic heterocycles. The van der Waals surface area contributed by atoms with Gasteiger partial charge in [0.2, 0.25) is 5.91 Å². The van der Waals surface area contributed by atoms with Crippen molar-refractivity contribution in [1.29, 1.82) is 0 Å². The third-order valence-corrected chi connectivity index (χ3v) is 4.09. The number of ether oxygens (including phenoxy) is 2. The maximum atomic E-state index is 12.3. The number of nitrogens with zero attached hydrogens (tertiary/aromatic N) is 3. The van der Waals surface area contributed by atoms with Crippen LogP contribution in [0.15, 0.2) is 42.7 Å². The number of likely N-dealkylation sites (N-methyl/N-ethyl adjacent to an activating group) is 1. The largest absolute Gasteiger partial charge is 0.486 e. The van der Waals surface area contributed by atoms with Crippen LogP contribution in [-0.4, -0.2) is 59.5 Å². The predicted molar refractivity (Wildman–Crippen MR) is 93.7 cm³/mol. The zero-order valence-corrected chi connectivity index (χ0v) is 14.6. The number of para-hydroxylation sites is 2. The summed E-state index contributed by atoms with van der Waals surface area (Å²) in [4.78, 5) is 14.0. The second-order valence-electron chi connectivity index (χ2n) is 6.28. The zero-order chi connectivity index (χ0) is 17.6. The molecule has 2 aromatic rings. The molecule has 7 heteroatoms. The van der Waals surface area contributed by atoms with Crippen molar-refractivity contribution in [3.8, 4) is 11.5 Å². The number of fused-ring (bicyclic) bond motifs is 1. The van der Waals surface area contributed by atoms with E-state index in [0.29, 0.717) is 13.2 Å². The van der Waals surface area contributed by atoms with E-state index in [2.05, 4.69) is 10.4 Å². The summed E-state index contributed by atoms with van der Waals surface area (Å²) in [5, 5.41) is 7.40. The summed E-state index contributed by atoms with van der Waals surface area (Å²) in [7, 11) is 1.78. The molecule has 3 rings (SSSR count). The second kappa shape index (κ2) is 8.02. The molecule has 0 fully saturated rings. The number of hydrogen-bond donors (Lipinski definition) is 1. The molecule has 0 spiro atoms. The third kappa shape index (κ3) is 4.73. The van der Waals surface area contributed by atoms with Gasteiger partial charge in [-0.1, -0.05) is 12.1 Å². The van der Waals surface area contributed by atoms with Crippen molar-refractivity contribution in [2.75, 3.05) is 26.7 Å². The van der Waals surface area contributed by atoms with Crippen molar-refractivity contribution in [1.82, 2.24) is 20.0 Å². The Labute approximate surface area is 147 Å². The topological polar surface area (TPSA) is 68.6 Å². The van der Waals surface area contributed by atoms with E-state index in [1.807, 2.05) is 48.1 Å². The molecule has 0 saturated carbocycles. The lowest BCUT2D eigenvalue weighted by Gasteiger charge is -2.29.